The fourth-order valence-corrected chi connectivity index (χ4v) is 3.44. The van der Waals surface area contributed by atoms with Crippen molar-refractivity contribution in [3.63, 3.8) is 0 Å². The first-order chi connectivity index (χ1) is 14.0. The van der Waals surface area contributed by atoms with E-state index < -0.39 is 6.10 Å². The standard InChI is InChI=1S/C23H23N3O3/c1-15-8-9-17(12-16(15)2)19-13-20-23(28)25(10-11-26(20)24-19)14-21(27)18-6-4-5-7-22(18)29-3/h4-13,21,27H,14H2,1-3H3. The van der Waals surface area contributed by atoms with Crippen LogP contribution in [0.4, 0.5) is 0 Å². The summed E-state index contributed by atoms with van der Waals surface area (Å²) in [6.07, 6.45) is 2.51. The summed E-state index contributed by atoms with van der Waals surface area (Å²) in [5.74, 6) is 0.593. The summed E-state index contributed by atoms with van der Waals surface area (Å²) < 4.78 is 8.39. The van der Waals surface area contributed by atoms with Crippen molar-refractivity contribution >= 4 is 5.52 Å². The topological polar surface area (TPSA) is 68.8 Å². The molecule has 0 radical (unpaired) electrons. The zero-order chi connectivity index (χ0) is 20.5. The zero-order valence-electron chi connectivity index (χ0n) is 16.7. The molecule has 29 heavy (non-hydrogen) atoms. The van der Waals surface area contributed by atoms with Gasteiger partial charge in [0.15, 0.2) is 0 Å². The number of hydrogen-bond donors (Lipinski definition) is 1. The van der Waals surface area contributed by atoms with Gasteiger partial charge in [0.05, 0.1) is 19.3 Å². The highest BCUT2D eigenvalue weighted by atomic mass is 16.5. The summed E-state index contributed by atoms with van der Waals surface area (Å²) in [5.41, 5.74) is 5.01. The summed E-state index contributed by atoms with van der Waals surface area (Å²) in [5, 5.41) is 15.2. The molecule has 2 heterocycles. The maximum atomic E-state index is 13.0. The van der Waals surface area contributed by atoms with Gasteiger partial charge in [-0.2, -0.15) is 5.10 Å². The average molecular weight is 389 g/mol. The fourth-order valence-electron chi connectivity index (χ4n) is 3.44. The van der Waals surface area contributed by atoms with E-state index >= 15 is 0 Å². The molecule has 0 saturated carbocycles. The van der Waals surface area contributed by atoms with E-state index in [0.29, 0.717) is 16.8 Å². The van der Waals surface area contributed by atoms with Crippen LogP contribution in [0.15, 0.2) is 65.7 Å². The molecule has 0 aliphatic carbocycles. The third kappa shape index (κ3) is 3.54. The lowest BCUT2D eigenvalue weighted by Crippen LogP contribution is -2.24. The minimum atomic E-state index is -0.867. The Morgan fingerprint density at radius 2 is 1.86 bits per heavy atom. The molecule has 6 heteroatoms. The van der Waals surface area contributed by atoms with E-state index in [0.717, 1.165) is 11.3 Å². The highest BCUT2D eigenvalue weighted by molar-refractivity contribution is 5.66. The summed E-state index contributed by atoms with van der Waals surface area (Å²) in [6.45, 7) is 4.25. The minimum absolute atomic E-state index is 0.125. The molecule has 148 valence electrons. The molecule has 2 aromatic heterocycles. The van der Waals surface area contributed by atoms with Crippen LogP contribution >= 0.6 is 0 Å². The van der Waals surface area contributed by atoms with Gasteiger partial charge in [-0.3, -0.25) is 4.79 Å². The van der Waals surface area contributed by atoms with E-state index in [4.69, 9.17) is 4.74 Å². The van der Waals surface area contributed by atoms with Crippen molar-refractivity contribution < 1.29 is 9.84 Å². The number of nitrogens with zero attached hydrogens (tertiary/aromatic N) is 3. The predicted octanol–water partition coefficient (Wildman–Crippen LogP) is 3.52. The van der Waals surface area contributed by atoms with E-state index in [9.17, 15) is 9.90 Å². The van der Waals surface area contributed by atoms with Gasteiger partial charge in [-0.1, -0.05) is 30.3 Å². The number of methoxy groups -OCH3 is 1. The summed E-state index contributed by atoms with van der Waals surface area (Å²) in [4.78, 5) is 13.0. The van der Waals surface area contributed by atoms with Gasteiger partial charge in [0.1, 0.15) is 17.4 Å². The van der Waals surface area contributed by atoms with Crippen molar-refractivity contribution in [2.24, 2.45) is 0 Å². The Morgan fingerprint density at radius 1 is 1.07 bits per heavy atom. The van der Waals surface area contributed by atoms with Gasteiger partial charge >= 0.3 is 0 Å². The van der Waals surface area contributed by atoms with Gasteiger partial charge in [0.2, 0.25) is 0 Å². The first kappa shape index (κ1) is 19.0. The van der Waals surface area contributed by atoms with Crippen LogP contribution in [0.25, 0.3) is 16.8 Å². The van der Waals surface area contributed by atoms with Gasteiger partial charge in [-0.15, -0.1) is 0 Å². The number of ether oxygens (including phenoxy) is 1. The van der Waals surface area contributed by atoms with Gasteiger partial charge in [0.25, 0.3) is 5.56 Å². The van der Waals surface area contributed by atoms with Gasteiger partial charge < -0.3 is 14.4 Å². The minimum Gasteiger partial charge on any atom is -0.496 e. The second-order valence-electron chi connectivity index (χ2n) is 7.17. The Morgan fingerprint density at radius 3 is 2.62 bits per heavy atom. The highest BCUT2D eigenvalue weighted by Crippen LogP contribution is 2.26. The van der Waals surface area contributed by atoms with E-state index in [2.05, 4.69) is 31.1 Å². The van der Waals surface area contributed by atoms with Gasteiger partial charge in [0, 0.05) is 23.5 Å². The molecular formula is C23H23N3O3. The molecule has 0 saturated heterocycles. The van der Waals surface area contributed by atoms with Crippen LogP contribution in [0.2, 0.25) is 0 Å². The van der Waals surface area contributed by atoms with Crippen LogP contribution in [-0.4, -0.2) is 26.4 Å². The number of benzene rings is 2. The van der Waals surface area contributed by atoms with Crippen LogP contribution in [0.5, 0.6) is 5.75 Å². The Kier molecular flexibility index (Phi) is 4.94. The van der Waals surface area contributed by atoms with E-state index in [-0.39, 0.29) is 12.1 Å². The quantitative estimate of drug-likeness (QED) is 0.567. The first-order valence-corrected chi connectivity index (χ1v) is 9.45. The van der Waals surface area contributed by atoms with Crippen LogP contribution in [0.3, 0.4) is 0 Å². The maximum absolute atomic E-state index is 13.0. The molecule has 0 bridgehead atoms. The molecule has 0 fully saturated rings. The number of aryl methyl sites for hydroxylation is 2. The summed E-state index contributed by atoms with van der Waals surface area (Å²) in [7, 11) is 1.56. The molecule has 0 amide bonds. The summed E-state index contributed by atoms with van der Waals surface area (Å²) in [6, 6.07) is 15.2. The van der Waals surface area contributed by atoms with Crippen molar-refractivity contribution in [1.82, 2.24) is 14.2 Å². The maximum Gasteiger partial charge on any atom is 0.276 e. The molecule has 1 unspecified atom stereocenters. The lowest BCUT2D eigenvalue weighted by molar-refractivity contribution is 0.151. The second kappa shape index (κ2) is 7.56. The van der Waals surface area contributed by atoms with Crippen molar-refractivity contribution in [2.75, 3.05) is 7.11 Å². The Hall–Kier alpha value is -3.38. The normalized spacial score (nSPS) is 12.3. The Bertz CT molecular complexity index is 1240. The Balaban J connectivity index is 1.69. The second-order valence-corrected chi connectivity index (χ2v) is 7.17. The van der Waals surface area contributed by atoms with E-state index in [1.807, 2.05) is 18.2 Å². The predicted molar refractivity (Wildman–Crippen MR) is 112 cm³/mol. The lowest BCUT2D eigenvalue weighted by Gasteiger charge is -2.16. The third-order valence-corrected chi connectivity index (χ3v) is 5.27. The van der Waals surface area contributed by atoms with E-state index in [1.54, 1.807) is 42.2 Å². The summed E-state index contributed by atoms with van der Waals surface area (Å²) >= 11 is 0. The average Bonchev–Trinajstić information content (AvgIpc) is 3.17. The fraction of sp³-hybridized carbons (Fsp3) is 0.217. The molecule has 4 rings (SSSR count). The molecule has 0 spiro atoms. The first-order valence-electron chi connectivity index (χ1n) is 9.45. The molecule has 6 nitrogen and oxygen atoms in total. The third-order valence-electron chi connectivity index (χ3n) is 5.27. The van der Waals surface area contributed by atoms with Crippen molar-refractivity contribution in [3.05, 3.63) is 88.0 Å². The molecular weight excluding hydrogens is 366 g/mol. The molecule has 2 aromatic carbocycles. The SMILES string of the molecule is COc1ccccc1C(O)Cn1ccn2nc(-c3ccc(C)c(C)c3)cc2c1=O. The van der Waals surface area contributed by atoms with Crippen LogP contribution in [0.1, 0.15) is 22.8 Å². The number of hydrogen-bond acceptors (Lipinski definition) is 4. The lowest BCUT2D eigenvalue weighted by atomic mass is 10.0. The van der Waals surface area contributed by atoms with Crippen molar-refractivity contribution in [3.8, 4) is 17.0 Å². The smallest absolute Gasteiger partial charge is 0.276 e. The van der Waals surface area contributed by atoms with Crippen molar-refractivity contribution in [2.45, 2.75) is 26.5 Å². The number of aromatic nitrogens is 3. The molecule has 4 aromatic rings. The van der Waals surface area contributed by atoms with E-state index in [1.165, 1.54) is 15.7 Å². The van der Waals surface area contributed by atoms with Gasteiger partial charge in [-0.25, -0.2) is 4.52 Å². The molecule has 1 N–H and O–H groups in total. The largest absolute Gasteiger partial charge is 0.496 e. The number of aliphatic hydroxyl groups excluding tert-OH is 1. The number of para-hydroxylation sites is 1. The molecule has 0 aliphatic heterocycles. The molecule has 1 atom stereocenters. The monoisotopic (exact) mass is 389 g/mol. The van der Waals surface area contributed by atoms with Crippen LogP contribution in [0, 0.1) is 13.8 Å². The van der Waals surface area contributed by atoms with Crippen LogP contribution < -0.4 is 10.3 Å². The number of aliphatic hydroxyl groups is 1. The molecule has 0 aliphatic rings. The van der Waals surface area contributed by atoms with Crippen LogP contribution in [-0.2, 0) is 6.54 Å². The number of rotatable bonds is 5. The Labute approximate surface area is 168 Å². The van der Waals surface area contributed by atoms with Crippen molar-refractivity contribution in [1.29, 1.82) is 0 Å². The highest BCUT2D eigenvalue weighted by Gasteiger charge is 2.16. The van der Waals surface area contributed by atoms with Gasteiger partial charge in [-0.05, 0) is 43.2 Å². The number of fused-ring (bicyclic) bond motifs is 1. The zero-order valence-corrected chi connectivity index (χ0v) is 16.7.